The van der Waals surface area contributed by atoms with E-state index in [-0.39, 0.29) is 117 Å². The van der Waals surface area contributed by atoms with Gasteiger partial charge in [-0.1, -0.05) is 36.4 Å². The van der Waals surface area contributed by atoms with Gasteiger partial charge < -0.3 is 25.3 Å². The Labute approximate surface area is 438 Å². The number of ketones is 1. The maximum Gasteiger partial charge on any atom is 0.187 e. The summed E-state index contributed by atoms with van der Waals surface area (Å²) in [5.41, 5.74) is 8.84. The number of carbonyl (C=O) groups is 1. The van der Waals surface area contributed by atoms with Crippen LogP contribution in [0.5, 0.6) is 0 Å². The summed E-state index contributed by atoms with van der Waals surface area (Å²) in [6, 6.07) is 13.5. The van der Waals surface area contributed by atoms with Crippen LogP contribution in [0.15, 0.2) is 47.5 Å². The summed E-state index contributed by atoms with van der Waals surface area (Å²) in [4.78, 5) is 32.8. The molecule has 2 atom stereocenters. The molecule has 5 fully saturated rings. The maximum atomic E-state index is 14.3. The lowest BCUT2D eigenvalue weighted by Crippen LogP contribution is -2.50. The molecule has 5 aliphatic heterocycles. The summed E-state index contributed by atoms with van der Waals surface area (Å²) in [5, 5.41) is 24.5. The average molecular weight is 1080 g/mol. The fourth-order valence-corrected chi connectivity index (χ4v) is 8.49. The second-order valence-corrected chi connectivity index (χ2v) is 16.9. The van der Waals surface area contributed by atoms with Crippen molar-refractivity contribution in [2.24, 2.45) is 0 Å². The largest absolute Gasteiger partial charge is 0.377 e. The quantitative estimate of drug-likeness (QED) is 0.287. The van der Waals surface area contributed by atoms with Gasteiger partial charge in [0.2, 0.25) is 0 Å². The Hall–Kier alpha value is -0.240. The normalized spacial score (nSPS) is 23.3. The number of piperazine rings is 4. The van der Waals surface area contributed by atoms with E-state index in [9.17, 15) is 15.0 Å². The van der Waals surface area contributed by atoms with Crippen LogP contribution in [0.1, 0.15) is 33.4 Å². The van der Waals surface area contributed by atoms with Gasteiger partial charge in [-0.15, -0.1) is 112 Å². The number of Topliss-reactive ketones (excluding diaryl/α,β-unsaturated/α-hetero) is 1. The number of benzene rings is 2. The smallest absolute Gasteiger partial charge is 0.187 e. The van der Waals surface area contributed by atoms with Crippen LogP contribution in [0.4, 0.5) is 0 Å². The maximum absolute atomic E-state index is 14.3. The Morgan fingerprint density at radius 1 is 0.500 bits per heavy atom. The molecule has 0 saturated carbocycles. The summed E-state index contributed by atoms with van der Waals surface area (Å²) < 4.78 is 0. The van der Waals surface area contributed by atoms with Crippen molar-refractivity contribution in [1.29, 1.82) is 0 Å². The van der Waals surface area contributed by atoms with Crippen molar-refractivity contribution in [2.45, 2.75) is 38.6 Å². The molecule has 372 valence electrons. The van der Waals surface area contributed by atoms with Gasteiger partial charge in [-0.05, 0) is 73.7 Å². The number of β-amino-alcohol motifs (C(OH)–C–C–N with tert-alkyl or cyclic N) is 2. The Morgan fingerprint density at radius 2 is 0.844 bits per heavy atom. The number of halogens is 9. The zero-order valence-electron chi connectivity index (χ0n) is 37.5. The second-order valence-electron chi connectivity index (χ2n) is 16.9. The number of carbonyl (C=O) groups excluding carboxylic acids is 1. The van der Waals surface area contributed by atoms with E-state index in [0.29, 0.717) is 26.2 Å². The van der Waals surface area contributed by atoms with Crippen LogP contribution < -0.4 is 5.32 Å². The summed E-state index contributed by atoms with van der Waals surface area (Å²) >= 11 is 0. The number of aliphatic hydroxyl groups is 2. The van der Waals surface area contributed by atoms with E-state index in [1.54, 1.807) is 0 Å². The first kappa shape index (κ1) is 68.0. The van der Waals surface area contributed by atoms with E-state index >= 15 is 0 Å². The van der Waals surface area contributed by atoms with Crippen molar-refractivity contribution in [3.63, 3.8) is 0 Å². The first-order chi connectivity index (χ1) is 26.6. The van der Waals surface area contributed by atoms with E-state index in [1.807, 2.05) is 23.9 Å². The van der Waals surface area contributed by atoms with Gasteiger partial charge in [0.05, 0.1) is 0 Å². The highest BCUT2D eigenvalue weighted by Crippen LogP contribution is 2.26. The lowest BCUT2D eigenvalue weighted by molar-refractivity contribution is -0.112. The van der Waals surface area contributed by atoms with Crippen molar-refractivity contribution in [2.75, 3.05) is 133 Å². The minimum atomic E-state index is -0.437. The molecule has 5 aliphatic rings. The molecule has 0 radical (unpaired) electrons. The zero-order valence-corrected chi connectivity index (χ0v) is 44.8. The molecular weight excluding hydrogens is 1010 g/mol. The number of nitrogens with zero attached hydrogens (tertiary/aromatic N) is 8. The van der Waals surface area contributed by atoms with E-state index in [1.165, 1.54) is 22.3 Å². The lowest BCUT2D eigenvalue weighted by Gasteiger charge is -2.36. The average Bonchev–Trinajstić information content (AvgIpc) is 3.17. The lowest BCUT2D eigenvalue weighted by atomic mass is 9.92. The van der Waals surface area contributed by atoms with Crippen molar-refractivity contribution in [3.05, 3.63) is 80.9 Å². The van der Waals surface area contributed by atoms with Gasteiger partial charge in [0.25, 0.3) is 0 Å². The van der Waals surface area contributed by atoms with Gasteiger partial charge in [0.1, 0.15) is 12.5 Å². The molecule has 3 N–H and O–H groups in total. The Balaban J connectivity index is -0.00000413. The predicted octanol–water partition coefficient (Wildman–Crippen LogP) is 4.75. The molecule has 0 bridgehead atoms. The molecule has 0 aliphatic carbocycles. The summed E-state index contributed by atoms with van der Waals surface area (Å²) in [7, 11) is 8.34. The van der Waals surface area contributed by atoms with Crippen LogP contribution in [0, 0.1) is 0 Å². The minimum absolute atomic E-state index is 0. The van der Waals surface area contributed by atoms with Gasteiger partial charge in [-0.3, -0.25) is 34.2 Å². The topological polar surface area (TPSA) is 95.5 Å². The molecule has 21 heteroatoms. The first-order valence-corrected chi connectivity index (χ1v) is 20.5. The fraction of sp³-hybridized carbons (Fsp3) is 0.605. The predicted molar refractivity (Wildman–Crippen MR) is 285 cm³/mol. The summed E-state index contributed by atoms with van der Waals surface area (Å²) in [5.74, 6) is 0.126. The SMILES string of the molecule is CN1CCN(Cc2cc(CN3CCN(C)C(O)C3)ccc2/C=C2\CNC/C(=C\c3ccc(CN4CCN(C)C(O)C4)cc3CN3CCN(C)CC3)C2=O)CC1.Cl.Cl.Cl.Cl.Cl.Cl.Cl.Cl.Cl. The second kappa shape index (κ2) is 32.5. The van der Waals surface area contributed by atoms with E-state index in [2.05, 4.69) is 97.4 Å². The van der Waals surface area contributed by atoms with Gasteiger partial charge in [-0.25, -0.2) is 0 Å². The third-order valence-electron chi connectivity index (χ3n) is 12.5. The number of hydrogen-bond donors (Lipinski definition) is 3. The third-order valence-corrected chi connectivity index (χ3v) is 12.5. The number of piperidine rings is 1. The molecular formula is C43H74Cl9N9O3. The molecule has 12 nitrogen and oxygen atoms in total. The highest BCUT2D eigenvalue weighted by molar-refractivity contribution is 6.14. The Kier molecular flexibility index (Phi) is 34.6. The zero-order chi connectivity index (χ0) is 38.5. The van der Waals surface area contributed by atoms with Crippen molar-refractivity contribution in [3.8, 4) is 0 Å². The van der Waals surface area contributed by atoms with Gasteiger partial charge in [0.15, 0.2) is 5.78 Å². The fourth-order valence-electron chi connectivity index (χ4n) is 8.49. The minimum Gasteiger partial charge on any atom is -0.377 e. The molecule has 5 heterocycles. The highest BCUT2D eigenvalue weighted by Gasteiger charge is 2.26. The number of hydrogen-bond acceptors (Lipinski definition) is 12. The standard InChI is InChI=1S/C43H65N9O3.9ClH/c1-45-9-15-49(16-10-45)29-39-21-33(27-51-19-13-47(3)41(53)31-51)5-7-35(39)23-37-25-44-26-38(43(37)55)24-36-8-6-34(28-52-20-14-48(4)42(54)32-52)22-40(36)30-50-17-11-46(2)12-18-50;;;;;;;;;/h5-8,21-24,41-42,44,53-54H,9-20,25-32H2,1-4H3;9*1H/b37-23+,38-24+;;;;;;;;;. The van der Waals surface area contributed by atoms with Gasteiger partial charge in [-0.2, -0.15) is 0 Å². The first-order valence-electron chi connectivity index (χ1n) is 20.5. The molecule has 2 unspecified atom stereocenters. The van der Waals surface area contributed by atoms with Crippen molar-refractivity contribution in [1.82, 2.24) is 44.5 Å². The Morgan fingerprint density at radius 3 is 1.19 bits per heavy atom. The molecule has 5 saturated heterocycles. The third kappa shape index (κ3) is 18.9. The van der Waals surface area contributed by atoms with E-state index in [4.69, 9.17) is 0 Å². The molecule has 2 aromatic rings. The van der Waals surface area contributed by atoms with Crippen LogP contribution in [-0.4, -0.2) is 201 Å². The van der Waals surface area contributed by atoms with Crippen molar-refractivity contribution < 1.29 is 15.0 Å². The molecule has 0 aromatic heterocycles. The molecule has 7 rings (SSSR count). The summed E-state index contributed by atoms with van der Waals surface area (Å²) in [6.07, 6.45) is 3.39. The number of likely N-dealkylation sites (N-methyl/N-ethyl adjacent to an activating group) is 4. The van der Waals surface area contributed by atoms with Crippen LogP contribution in [0.2, 0.25) is 0 Å². The number of nitrogens with one attached hydrogen (secondary N) is 1. The molecule has 0 amide bonds. The molecule has 64 heavy (non-hydrogen) atoms. The van der Waals surface area contributed by atoms with E-state index < -0.39 is 12.5 Å². The highest BCUT2D eigenvalue weighted by atomic mass is 35.5. The van der Waals surface area contributed by atoms with Crippen LogP contribution >= 0.6 is 112 Å². The molecule has 0 spiro atoms. The molecule has 2 aromatic carbocycles. The number of rotatable bonds is 10. The monoisotopic (exact) mass is 1080 g/mol. The van der Waals surface area contributed by atoms with Crippen molar-refractivity contribution >= 4 is 130 Å². The van der Waals surface area contributed by atoms with Gasteiger partial charge >= 0.3 is 0 Å². The van der Waals surface area contributed by atoms with Gasteiger partial charge in [0, 0.05) is 142 Å². The summed E-state index contributed by atoms with van der Waals surface area (Å²) in [6.45, 7) is 17.6. The number of aliphatic hydroxyl groups excluding tert-OH is 2. The van der Waals surface area contributed by atoms with E-state index in [0.717, 1.165) is 127 Å². The van der Waals surface area contributed by atoms with Crippen LogP contribution in [0.25, 0.3) is 12.2 Å². The Bertz CT molecular complexity index is 1600. The van der Waals surface area contributed by atoms with Crippen LogP contribution in [-0.2, 0) is 31.0 Å². The van der Waals surface area contributed by atoms with Crippen LogP contribution in [0.3, 0.4) is 0 Å².